The fourth-order valence-electron chi connectivity index (χ4n) is 1.67. The van der Waals surface area contributed by atoms with Crippen molar-refractivity contribution in [2.45, 2.75) is 11.8 Å². The van der Waals surface area contributed by atoms with E-state index in [-0.39, 0.29) is 26.3 Å². The van der Waals surface area contributed by atoms with Gasteiger partial charge in [0.2, 0.25) is 0 Å². The molecule has 0 fully saturated rings. The highest BCUT2D eigenvalue weighted by Crippen LogP contribution is 2.30. The second-order valence-electron chi connectivity index (χ2n) is 4.14. The van der Waals surface area contributed by atoms with Crippen LogP contribution in [-0.4, -0.2) is 31.6 Å². The number of anilines is 1. The van der Waals surface area contributed by atoms with Crippen molar-refractivity contribution in [2.75, 3.05) is 11.8 Å². The van der Waals surface area contributed by atoms with Gasteiger partial charge >= 0.3 is 5.97 Å². The van der Waals surface area contributed by atoms with Gasteiger partial charge in [-0.3, -0.25) is 4.72 Å². The molecule has 2 aromatic rings. The zero-order valence-corrected chi connectivity index (χ0v) is 14.7. The summed E-state index contributed by atoms with van der Waals surface area (Å²) in [6, 6.07) is 4.54. The molecule has 1 heterocycles. The van der Waals surface area contributed by atoms with E-state index in [2.05, 4.69) is 25.6 Å². The Bertz CT molecular complexity index is 832. The van der Waals surface area contributed by atoms with E-state index >= 15 is 0 Å². The zero-order valence-electron chi connectivity index (χ0n) is 11.5. The van der Waals surface area contributed by atoms with Gasteiger partial charge in [0.15, 0.2) is 5.13 Å². The Morgan fingerprint density at radius 3 is 2.68 bits per heavy atom. The number of aryl methyl sites for hydroxylation is 1. The summed E-state index contributed by atoms with van der Waals surface area (Å²) in [4.78, 5) is 14.8. The van der Waals surface area contributed by atoms with E-state index in [1.807, 2.05) is 0 Å². The second-order valence-corrected chi connectivity index (χ2v) is 7.70. The number of thiazole rings is 1. The van der Waals surface area contributed by atoms with Gasteiger partial charge in [-0.25, -0.2) is 18.2 Å². The lowest BCUT2D eigenvalue weighted by Crippen LogP contribution is -2.14. The fourth-order valence-corrected chi connectivity index (χ4v) is 4.42. The van der Waals surface area contributed by atoms with Crippen LogP contribution in [0.5, 0.6) is 5.75 Å². The topological polar surface area (TPSA) is 106 Å². The van der Waals surface area contributed by atoms with Crippen molar-refractivity contribution in [1.29, 1.82) is 0 Å². The molecule has 0 unspecified atom stereocenters. The minimum atomic E-state index is -3.96. The van der Waals surface area contributed by atoms with Crippen LogP contribution < -0.4 is 9.46 Å². The molecule has 7 nitrogen and oxygen atoms in total. The standard InChI is InChI=1S/C12H11BrN2O5S2/c1-6-10(11(16)17)21-12(14-6)15-22(18,19)9-5-7(13)3-4-8(9)20-2/h3-5H,1-2H3,(H,14,15)(H,16,17). The number of halogens is 1. The molecule has 0 radical (unpaired) electrons. The Kier molecular flexibility index (Phi) is 4.73. The molecule has 0 saturated carbocycles. The number of carboxylic acids is 1. The predicted molar refractivity (Wildman–Crippen MR) is 85.3 cm³/mol. The lowest BCUT2D eigenvalue weighted by atomic mass is 10.3. The van der Waals surface area contributed by atoms with Crippen molar-refractivity contribution in [3.8, 4) is 5.75 Å². The number of nitrogens with zero attached hydrogens (tertiary/aromatic N) is 1. The largest absolute Gasteiger partial charge is 0.495 e. The summed E-state index contributed by atoms with van der Waals surface area (Å²) >= 11 is 3.95. The number of sulfonamides is 1. The lowest BCUT2D eigenvalue weighted by molar-refractivity contribution is 0.0701. The van der Waals surface area contributed by atoms with E-state index in [4.69, 9.17) is 9.84 Å². The molecule has 2 rings (SSSR count). The number of rotatable bonds is 5. The lowest BCUT2D eigenvalue weighted by Gasteiger charge is -2.10. The number of carbonyl (C=O) groups is 1. The molecular formula is C12H11BrN2O5S2. The number of methoxy groups -OCH3 is 1. The Morgan fingerprint density at radius 1 is 1.45 bits per heavy atom. The van der Waals surface area contributed by atoms with Crippen LogP contribution >= 0.6 is 27.3 Å². The maximum atomic E-state index is 12.4. The van der Waals surface area contributed by atoms with Gasteiger partial charge in [0, 0.05) is 4.47 Å². The van der Waals surface area contributed by atoms with E-state index in [1.165, 1.54) is 26.2 Å². The highest BCUT2D eigenvalue weighted by atomic mass is 79.9. The van der Waals surface area contributed by atoms with E-state index < -0.39 is 16.0 Å². The molecule has 0 aliphatic rings. The number of ether oxygens (including phenoxy) is 1. The molecule has 1 aromatic heterocycles. The van der Waals surface area contributed by atoms with Crippen molar-refractivity contribution >= 4 is 48.4 Å². The molecule has 2 N–H and O–H groups in total. The maximum Gasteiger partial charge on any atom is 0.347 e. The fraction of sp³-hybridized carbons (Fsp3) is 0.167. The second kappa shape index (κ2) is 6.23. The summed E-state index contributed by atoms with van der Waals surface area (Å²) in [6.07, 6.45) is 0. The third kappa shape index (κ3) is 3.39. The SMILES string of the molecule is COc1ccc(Br)cc1S(=O)(=O)Nc1nc(C)c(C(=O)O)s1. The van der Waals surface area contributed by atoms with Crippen LogP contribution in [0, 0.1) is 6.92 Å². The molecule has 0 saturated heterocycles. The van der Waals surface area contributed by atoms with Gasteiger partial charge in [-0.2, -0.15) is 0 Å². The quantitative estimate of drug-likeness (QED) is 0.790. The minimum Gasteiger partial charge on any atom is -0.495 e. The molecule has 0 amide bonds. The molecule has 10 heteroatoms. The van der Waals surface area contributed by atoms with Crippen molar-refractivity contribution in [3.63, 3.8) is 0 Å². The number of hydrogen-bond acceptors (Lipinski definition) is 6. The van der Waals surface area contributed by atoms with Crippen LogP contribution in [0.1, 0.15) is 15.4 Å². The third-order valence-electron chi connectivity index (χ3n) is 2.63. The molecule has 0 aliphatic heterocycles. The van der Waals surface area contributed by atoms with Gasteiger partial charge in [0.25, 0.3) is 10.0 Å². The monoisotopic (exact) mass is 406 g/mol. The van der Waals surface area contributed by atoms with Gasteiger partial charge in [-0.15, -0.1) is 0 Å². The van der Waals surface area contributed by atoms with Crippen LogP contribution in [0.3, 0.4) is 0 Å². The van der Waals surface area contributed by atoms with E-state index in [0.717, 1.165) is 11.3 Å². The van der Waals surface area contributed by atoms with Gasteiger partial charge < -0.3 is 9.84 Å². The van der Waals surface area contributed by atoms with Crippen molar-refractivity contribution in [2.24, 2.45) is 0 Å². The number of carboxylic acid groups (broad SMARTS) is 1. The first-order chi connectivity index (χ1) is 10.2. The molecule has 0 bridgehead atoms. The number of benzene rings is 1. The van der Waals surface area contributed by atoms with Crippen LogP contribution in [0.4, 0.5) is 5.13 Å². The first-order valence-corrected chi connectivity index (χ1v) is 8.91. The normalized spacial score (nSPS) is 11.2. The highest BCUT2D eigenvalue weighted by Gasteiger charge is 2.23. The van der Waals surface area contributed by atoms with Crippen LogP contribution in [0.25, 0.3) is 0 Å². The van der Waals surface area contributed by atoms with Gasteiger partial charge in [-0.05, 0) is 25.1 Å². The molecule has 1 aromatic carbocycles. The highest BCUT2D eigenvalue weighted by molar-refractivity contribution is 9.10. The van der Waals surface area contributed by atoms with Crippen molar-refractivity contribution < 1.29 is 23.1 Å². The van der Waals surface area contributed by atoms with Crippen molar-refractivity contribution in [1.82, 2.24) is 4.98 Å². The summed E-state index contributed by atoms with van der Waals surface area (Å²) in [6.45, 7) is 1.50. The Hall–Kier alpha value is -1.65. The average Bonchev–Trinajstić information content (AvgIpc) is 2.79. The average molecular weight is 407 g/mol. The molecule has 22 heavy (non-hydrogen) atoms. The number of aromatic nitrogens is 1. The Labute approximate surface area is 139 Å². The summed E-state index contributed by atoms with van der Waals surface area (Å²) < 4.78 is 32.7. The molecule has 0 atom stereocenters. The van der Waals surface area contributed by atoms with Crippen LogP contribution in [-0.2, 0) is 10.0 Å². The molecule has 118 valence electrons. The Morgan fingerprint density at radius 2 is 2.14 bits per heavy atom. The van der Waals surface area contributed by atoms with Crippen LogP contribution in [0.15, 0.2) is 27.6 Å². The first-order valence-electron chi connectivity index (χ1n) is 5.81. The maximum absolute atomic E-state index is 12.4. The number of hydrogen-bond donors (Lipinski definition) is 2. The zero-order chi connectivity index (χ0) is 16.5. The van der Waals surface area contributed by atoms with E-state index in [0.29, 0.717) is 4.47 Å². The first kappa shape index (κ1) is 16.7. The van der Waals surface area contributed by atoms with Crippen molar-refractivity contribution in [3.05, 3.63) is 33.2 Å². The number of nitrogens with one attached hydrogen (secondary N) is 1. The van der Waals surface area contributed by atoms with Gasteiger partial charge in [0.05, 0.1) is 12.8 Å². The van der Waals surface area contributed by atoms with Crippen LogP contribution in [0.2, 0.25) is 0 Å². The predicted octanol–water partition coefficient (Wildman–Crippen LogP) is 2.72. The summed E-state index contributed by atoms with van der Waals surface area (Å²) in [5.74, 6) is -0.983. The van der Waals surface area contributed by atoms with E-state index in [9.17, 15) is 13.2 Å². The summed E-state index contributed by atoms with van der Waals surface area (Å²) in [7, 11) is -2.60. The summed E-state index contributed by atoms with van der Waals surface area (Å²) in [5, 5.41) is 8.96. The van der Waals surface area contributed by atoms with E-state index in [1.54, 1.807) is 6.07 Å². The Balaban J connectivity index is 2.42. The molecular weight excluding hydrogens is 396 g/mol. The summed E-state index contributed by atoms with van der Waals surface area (Å²) in [5.41, 5.74) is 0.247. The van der Waals surface area contributed by atoms with Gasteiger partial charge in [0.1, 0.15) is 15.5 Å². The third-order valence-corrected chi connectivity index (χ3v) is 5.67. The molecule has 0 aliphatic carbocycles. The minimum absolute atomic E-state index is 0.0149. The molecule has 0 spiro atoms. The van der Waals surface area contributed by atoms with Gasteiger partial charge in [-0.1, -0.05) is 27.3 Å². The number of aromatic carboxylic acids is 1. The smallest absolute Gasteiger partial charge is 0.347 e.